The van der Waals surface area contributed by atoms with E-state index in [-0.39, 0.29) is 32.0 Å². The summed E-state index contributed by atoms with van der Waals surface area (Å²) < 4.78 is 34.6. The maximum Gasteiger partial charge on any atom is 0.472 e. The summed E-state index contributed by atoms with van der Waals surface area (Å²) in [4.78, 5) is 35.8. The Balaban J connectivity index is 4.12. The van der Waals surface area contributed by atoms with Gasteiger partial charge in [0.05, 0.1) is 27.7 Å². The Morgan fingerprint density at radius 1 is 0.405 bits per heavy atom. The van der Waals surface area contributed by atoms with Gasteiger partial charge in [-0.25, -0.2) is 4.57 Å². The van der Waals surface area contributed by atoms with Gasteiger partial charge < -0.3 is 18.9 Å². The van der Waals surface area contributed by atoms with Gasteiger partial charge in [-0.2, -0.15) is 0 Å². The zero-order valence-corrected chi connectivity index (χ0v) is 52.5. The van der Waals surface area contributed by atoms with E-state index >= 15 is 0 Å². The lowest BCUT2D eigenvalue weighted by molar-refractivity contribution is -0.870. The molecule has 0 amide bonds. The molecule has 0 saturated heterocycles. The van der Waals surface area contributed by atoms with Crippen molar-refractivity contribution in [2.24, 2.45) is 0 Å². The molecule has 0 aliphatic carbocycles. The number of esters is 2. The number of hydrogen-bond donors (Lipinski definition) is 1. The molecule has 0 fully saturated rings. The lowest BCUT2D eigenvalue weighted by atomic mass is 10.0. The third-order valence-electron chi connectivity index (χ3n) is 13.6. The summed E-state index contributed by atoms with van der Waals surface area (Å²) in [5, 5.41) is 0. The number of phosphoric acid groups is 1. The number of phosphoric ester groups is 1. The first-order valence-electron chi connectivity index (χ1n) is 32.1. The van der Waals surface area contributed by atoms with Gasteiger partial charge in [0.15, 0.2) is 6.10 Å². The number of likely N-dealkylation sites (N-methyl/N-ethyl adjacent to an activating group) is 1. The van der Waals surface area contributed by atoms with Crippen molar-refractivity contribution in [2.45, 2.75) is 270 Å². The molecule has 0 aromatic carbocycles. The number of nitrogens with zero attached hydrogens (tertiary/aromatic N) is 1. The Labute approximate surface area is 486 Å². The molecular weight excluding hydrogens is 1000 g/mol. The maximum atomic E-state index is 12.8. The van der Waals surface area contributed by atoms with E-state index in [1.807, 2.05) is 21.1 Å². The highest BCUT2D eigenvalue weighted by Gasteiger charge is 2.27. The topological polar surface area (TPSA) is 108 Å². The number of carbonyl (C=O) groups is 2. The van der Waals surface area contributed by atoms with Gasteiger partial charge >= 0.3 is 19.8 Å². The van der Waals surface area contributed by atoms with Crippen molar-refractivity contribution in [1.82, 2.24) is 0 Å². The van der Waals surface area contributed by atoms with Crippen molar-refractivity contribution in [3.05, 3.63) is 109 Å². The molecule has 10 heteroatoms. The molecule has 0 aromatic rings. The number of ether oxygens (including phenoxy) is 2. The third-order valence-corrected chi connectivity index (χ3v) is 14.6. The molecule has 0 spiro atoms. The Morgan fingerprint density at radius 3 is 1.08 bits per heavy atom. The van der Waals surface area contributed by atoms with Crippen molar-refractivity contribution < 1.29 is 42.1 Å². The van der Waals surface area contributed by atoms with Crippen LogP contribution in [0, 0.1) is 0 Å². The number of quaternary nitrogens is 1. The molecule has 0 aliphatic heterocycles. The SMILES string of the molecule is CC/C=C\C/C=C\C/C=C\C/C=C\C/C=C\C/C=C\C/C=C\C/C=C\C/C=C\CCCCCCCCCCCC(=O)OC(COC(=O)CCCCCCCCCCCCCCCCCCCC)COP(=O)(O)OCC[N+](C)(C)C. The second-order valence-corrected chi connectivity index (χ2v) is 23.9. The molecule has 0 heterocycles. The Kier molecular flexibility index (Phi) is 56.8. The molecular formula is C69H121NO8P+. The van der Waals surface area contributed by atoms with Crippen LogP contribution in [0.3, 0.4) is 0 Å². The van der Waals surface area contributed by atoms with Gasteiger partial charge in [0.2, 0.25) is 0 Å². The fourth-order valence-corrected chi connectivity index (χ4v) is 9.40. The summed E-state index contributed by atoms with van der Waals surface area (Å²) in [7, 11) is 1.47. The predicted octanol–water partition coefficient (Wildman–Crippen LogP) is 20.5. The highest BCUT2D eigenvalue weighted by Crippen LogP contribution is 2.43. The Hall–Kier alpha value is -3.33. The first kappa shape index (κ1) is 75.7. The molecule has 0 bridgehead atoms. The largest absolute Gasteiger partial charge is 0.472 e. The van der Waals surface area contributed by atoms with Crippen molar-refractivity contribution in [3.8, 4) is 0 Å². The molecule has 0 radical (unpaired) electrons. The zero-order valence-electron chi connectivity index (χ0n) is 51.6. The molecule has 2 atom stereocenters. The van der Waals surface area contributed by atoms with Crippen LogP contribution < -0.4 is 0 Å². The Bertz CT molecular complexity index is 1700. The second kappa shape index (κ2) is 59.3. The van der Waals surface area contributed by atoms with Crippen LogP contribution in [0.1, 0.15) is 264 Å². The van der Waals surface area contributed by atoms with Crippen LogP contribution in [-0.2, 0) is 32.7 Å². The van der Waals surface area contributed by atoms with Gasteiger partial charge in [-0.15, -0.1) is 0 Å². The number of carbonyl (C=O) groups excluding carboxylic acids is 2. The van der Waals surface area contributed by atoms with E-state index in [1.54, 1.807) is 0 Å². The predicted molar refractivity (Wildman–Crippen MR) is 339 cm³/mol. The van der Waals surface area contributed by atoms with E-state index in [0.717, 1.165) is 103 Å². The smallest absolute Gasteiger partial charge is 0.462 e. The van der Waals surface area contributed by atoms with Crippen LogP contribution in [0.5, 0.6) is 0 Å². The van der Waals surface area contributed by atoms with E-state index in [1.165, 1.54) is 128 Å². The minimum Gasteiger partial charge on any atom is -0.462 e. The zero-order chi connectivity index (χ0) is 57.7. The summed E-state index contributed by atoms with van der Waals surface area (Å²) in [6.07, 6.45) is 83.1. The molecule has 0 saturated carbocycles. The second-order valence-electron chi connectivity index (χ2n) is 22.4. The van der Waals surface area contributed by atoms with E-state index < -0.39 is 26.5 Å². The summed E-state index contributed by atoms with van der Waals surface area (Å²) in [6.45, 7) is 4.33. The highest BCUT2D eigenvalue weighted by molar-refractivity contribution is 7.47. The maximum absolute atomic E-state index is 12.8. The number of hydrogen-bond acceptors (Lipinski definition) is 7. The molecule has 0 rings (SSSR count). The lowest BCUT2D eigenvalue weighted by Gasteiger charge is -2.24. The number of allylic oxidation sites excluding steroid dienone is 18. The average Bonchev–Trinajstić information content (AvgIpc) is 3.41. The molecule has 1 N–H and O–H groups in total. The van der Waals surface area contributed by atoms with Crippen LogP contribution in [0.15, 0.2) is 109 Å². The van der Waals surface area contributed by atoms with Gasteiger partial charge in [0, 0.05) is 12.8 Å². The average molecular weight is 1120 g/mol. The highest BCUT2D eigenvalue weighted by atomic mass is 31.2. The summed E-state index contributed by atoms with van der Waals surface area (Å²) >= 11 is 0. The van der Waals surface area contributed by atoms with Gasteiger partial charge in [-0.1, -0.05) is 277 Å². The van der Waals surface area contributed by atoms with Crippen LogP contribution in [0.4, 0.5) is 0 Å². The van der Waals surface area contributed by atoms with Crippen molar-refractivity contribution in [1.29, 1.82) is 0 Å². The fraction of sp³-hybridized carbons (Fsp3) is 0.710. The lowest BCUT2D eigenvalue weighted by Crippen LogP contribution is -2.37. The summed E-state index contributed by atoms with van der Waals surface area (Å²) in [5.41, 5.74) is 0. The third kappa shape index (κ3) is 63.7. The van der Waals surface area contributed by atoms with Gasteiger partial charge in [0.25, 0.3) is 0 Å². The fourth-order valence-electron chi connectivity index (χ4n) is 8.66. The molecule has 454 valence electrons. The van der Waals surface area contributed by atoms with Gasteiger partial charge in [-0.05, 0) is 83.5 Å². The molecule has 9 nitrogen and oxygen atoms in total. The number of rotatable bonds is 58. The van der Waals surface area contributed by atoms with Crippen molar-refractivity contribution in [2.75, 3.05) is 47.5 Å². The van der Waals surface area contributed by atoms with Crippen molar-refractivity contribution in [3.63, 3.8) is 0 Å². The minimum atomic E-state index is -4.39. The molecule has 2 unspecified atom stereocenters. The standard InChI is InChI=1S/C69H120NO8P/c1-6-8-10-12-14-16-18-20-22-24-26-27-28-29-30-31-32-33-34-35-36-37-38-39-40-41-42-43-44-46-48-50-52-54-56-58-60-62-69(72)78-67(66-77-79(73,74)76-64-63-70(3,4)5)65-75-68(71)61-59-57-55-53-51-49-47-45-25-23-21-19-17-15-13-11-9-7-2/h8,10,14,16,20,22,26-27,29-30,32-33,35-36,38-39,41-42,67H,6-7,9,11-13,15,17-19,21,23-25,28,31,34,37,40,43-66H2,1-5H3/p+1/b10-8-,16-14-,22-20-,27-26-,30-29-,33-32-,36-35-,39-38-,42-41-. The first-order chi connectivity index (χ1) is 38.5. The van der Waals surface area contributed by atoms with E-state index in [9.17, 15) is 19.0 Å². The molecule has 0 aliphatic rings. The monoisotopic (exact) mass is 1120 g/mol. The quantitative estimate of drug-likeness (QED) is 0.0211. The summed E-state index contributed by atoms with van der Waals surface area (Å²) in [5.74, 6) is -0.801. The molecule has 79 heavy (non-hydrogen) atoms. The van der Waals surface area contributed by atoms with Crippen LogP contribution in [-0.4, -0.2) is 74.9 Å². The normalized spacial score (nSPS) is 13.9. The van der Waals surface area contributed by atoms with Gasteiger partial charge in [-0.3, -0.25) is 18.6 Å². The van der Waals surface area contributed by atoms with Gasteiger partial charge in [0.1, 0.15) is 19.8 Å². The van der Waals surface area contributed by atoms with E-state index in [2.05, 4.69) is 123 Å². The summed E-state index contributed by atoms with van der Waals surface area (Å²) in [6, 6.07) is 0. The first-order valence-corrected chi connectivity index (χ1v) is 33.6. The van der Waals surface area contributed by atoms with Crippen molar-refractivity contribution >= 4 is 19.8 Å². The van der Waals surface area contributed by atoms with Crippen LogP contribution in [0.25, 0.3) is 0 Å². The van der Waals surface area contributed by atoms with E-state index in [4.69, 9.17) is 18.5 Å². The van der Waals surface area contributed by atoms with E-state index in [0.29, 0.717) is 17.4 Å². The van der Waals surface area contributed by atoms with Crippen LogP contribution >= 0.6 is 7.82 Å². The van der Waals surface area contributed by atoms with Crippen LogP contribution in [0.2, 0.25) is 0 Å². The number of unbranched alkanes of at least 4 members (excludes halogenated alkanes) is 26. The minimum absolute atomic E-state index is 0.0273. The molecule has 0 aromatic heterocycles. The Morgan fingerprint density at radius 2 is 0.722 bits per heavy atom.